The van der Waals surface area contributed by atoms with E-state index < -0.39 is 0 Å². The molecule has 0 fully saturated rings. The molecule has 0 radical (unpaired) electrons. The third-order valence-electron chi connectivity index (χ3n) is 3.93. The fraction of sp³-hybridized carbons (Fsp3) is 0.727. The monoisotopic (exact) mass is 350 g/mol. The third-order valence-corrected chi connectivity index (χ3v) is 3.93. The van der Waals surface area contributed by atoms with Crippen molar-refractivity contribution >= 4 is 0 Å². The highest BCUT2D eigenvalue weighted by atomic mass is 16.5. The van der Waals surface area contributed by atoms with E-state index in [9.17, 15) is 0 Å². The van der Waals surface area contributed by atoms with Crippen LogP contribution in [0.3, 0.4) is 0 Å². The first-order valence-electron chi connectivity index (χ1n) is 9.53. The fourth-order valence-electron chi connectivity index (χ4n) is 2.23. The molecule has 0 aliphatic rings. The Labute approximate surface area is 155 Å². The minimum atomic E-state index is 0.329. The Morgan fingerprint density at radius 3 is 1.96 bits per heavy atom. The van der Waals surface area contributed by atoms with E-state index in [-0.39, 0.29) is 0 Å². The summed E-state index contributed by atoms with van der Waals surface area (Å²) >= 11 is 0. The molecule has 1 rings (SSSR count). The van der Waals surface area contributed by atoms with Crippen LogP contribution < -0.4 is 4.74 Å². The Morgan fingerprint density at radius 1 is 0.720 bits per heavy atom. The van der Waals surface area contributed by atoms with Crippen LogP contribution in [0.1, 0.15) is 59.9 Å². The van der Waals surface area contributed by atoms with Gasteiger partial charge in [-0.05, 0) is 47.8 Å². The van der Waals surface area contributed by atoms with Crippen LogP contribution in [-0.4, -0.2) is 33.0 Å². The Bertz CT molecular complexity index is 469. The van der Waals surface area contributed by atoms with Crippen LogP contribution in [0, 0.1) is 10.8 Å². The average molecular weight is 351 g/mol. The molecule has 0 spiro atoms. The highest BCUT2D eigenvalue weighted by molar-refractivity contribution is 5.28. The second-order valence-corrected chi connectivity index (χ2v) is 9.09. The molecule has 0 bridgehead atoms. The topological polar surface area (TPSA) is 27.7 Å². The predicted molar refractivity (Wildman–Crippen MR) is 105 cm³/mol. The van der Waals surface area contributed by atoms with E-state index in [0.717, 1.165) is 25.2 Å². The Hall–Kier alpha value is -1.06. The van der Waals surface area contributed by atoms with Crippen molar-refractivity contribution in [2.24, 2.45) is 10.8 Å². The summed E-state index contributed by atoms with van der Waals surface area (Å²) in [7, 11) is 0. The average Bonchev–Trinajstić information content (AvgIpc) is 2.50. The summed E-state index contributed by atoms with van der Waals surface area (Å²) in [5.41, 5.74) is 2.02. The first kappa shape index (κ1) is 22.0. The van der Waals surface area contributed by atoms with Gasteiger partial charge in [-0.15, -0.1) is 0 Å². The zero-order chi connectivity index (χ0) is 18.8. The molecule has 1 aromatic carbocycles. The van der Waals surface area contributed by atoms with Crippen LogP contribution in [-0.2, 0) is 15.9 Å². The summed E-state index contributed by atoms with van der Waals surface area (Å²) in [6.45, 7) is 16.7. The molecule has 1 aromatic rings. The minimum Gasteiger partial charge on any atom is -0.491 e. The molecule has 0 aromatic heterocycles. The molecule has 0 saturated heterocycles. The van der Waals surface area contributed by atoms with Gasteiger partial charge in [0.25, 0.3) is 0 Å². The number of aryl methyl sites for hydroxylation is 1. The van der Waals surface area contributed by atoms with Crippen molar-refractivity contribution in [2.75, 3.05) is 33.0 Å². The Balaban J connectivity index is 2.10. The zero-order valence-corrected chi connectivity index (χ0v) is 17.2. The molecule has 0 saturated carbocycles. The number of hydrogen-bond donors (Lipinski definition) is 0. The van der Waals surface area contributed by atoms with Crippen molar-refractivity contribution in [3.05, 3.63) is 29.8 Å². The lowest BCUT2D eigenvalue weighted by molar-refractivity contribution is 0.0292. The van der Waals surface area contributed by atoms with Crippen LogP contribution in [0.5, 0.6) is 5.75 Å². The number of rotatable bonds is 11. The van der Waals surface area contributed by atoms with Gasteiger partial charge in [-0.1, -0.05) is 53.7 Å². The second-order valence-electron chi connectivity index (χ2n) is 9.09. The van der Waals surface area contributed by atoms with Crippen molar-refractivity contribution in [1.82, 2.24) is 0 Å². The third kappa shape index (κ3) is 12.9. The maximum absolute atomic E-state index is 5.79. The summed E-state index contributed by atoms with van der Waals surface area (Å²) in [5, 5.41) is 0. The van der Waals surface area contributed by atoms with Crippen molar-refractivity contribution in [3.8, 4) is 5.75 Å². The quantitative estimate of drug-likeness (QED) is 0.492. The van der Waals surface area contributed by atoms with Gasteiger partial charge in [0.05, 0.1) is 19.8 Å². The Kier molecular flexibility index (Phi) is 9.52. The van der Waals surface area contributed by atoms with Crippen LogP contribution >= 0.6 is 0 Å². The van der Waals surface area contributed by atoms with Gasteiger partial charge < -0.3 is 14.2 Å². The van der Waals surface area contributed by atoms with E-state index in [4.69, 9.17) is 14.2 Å². The maximum atomic E-state index is 5.79. The van der Waals surface area contributed by atoms with Gasteiger partial charge in [0.15, 0.2) is 0 Å². The number of hydrogen-bond acceptors (Lipinski definition) is 3. The van der Waals surface area contributed by atoms with Gasteiger partial charge in [-0.2, -0.15) is 0 Å². The summed E-state index contributed by atoms with van der Waals surface area (Å²) in [6, 6.07) is 8.39. The van der Waals surface area contributed by atoms with Crippen LogP contribution in [0.15, 0.2) is 24.3 Å². The summed E-state index contributed by atoms with van der Waals surface area (Å²) in [4.78, 5) is 0. The Morgan fingerprint density at radius 2 is 1.32 bits per heavy atom. The largest absolute Gasteiger partial charge is 0.491 e. The van der Waals surface area contributed by atoms with Crippen LogP contribution in [0.4, 0.5) is 0 Å². The second kappa shape index (κ2) is 10.8. The molecule has 0 aliphatic carbocycles. The molecule has 0 heterocycles. The van der Waals surface area contributed by atoms with Gasteiger partial charge in [0.1, 0.15) is 12.4 Å². The van der Waals surface area contributed by atoms with Gasteiger partial charge in [0, 0.05) is 6.61 Å². The summed E-state index contributed by atoms with van der Waals surface area (Å²) < 4.78 is 16.9. The van der Waals surface area contributed by atoms with E-state index in [1.807, 2.05) is 6.07 Å². The SMILES string of the molecule is CC(C)(C)CCOCCOCCOc1cccc(CCC(C)(C)C)c1. The minimum absolute atomic E-state index is 0.329. The summed E-state index contributed by atoms with van der Waals surface area (Å²) in [6.07, 6.45) is 3.33. The molecule has 0 aliphatic heterocycles. The lowest BCUT2D eigenvalue weighted by Gasteiger charge is -2.18. The van der Waals surface area contributed by atoms with Crippen molar-refractivity contribution in [1.29, 1.82) is 0 Å². The first-order valence-corrected chi connectivity index (χ1v) is 9.53. The van der Waals surface area contributed by atoms with Crippen molar-refractivity contribution in [3.63, 3.8) is 0 Å². The van der Waals surface area contributed by atoms with E-state index in [1.165, 1.54) is 12.0 Å². The molecule has 25 heavy (non-hydrogen) atoms. The maximum Gasteiger partial charge on any atom is 0.119 e. The predicted octanol–water partition coefficient (Wildman–Crippen LogP) is 5.51. The van der Waals surface area contributed by atoms with E-state index in [1.54, 1.807) is 0 Å². The van der Waals surface area contributed by atoms with Crippen LogP contribution in [0.25, 0.3) is 0 Å². The van der Waals surface area contributed by atoms with Crippen molar-refractivity contribution in [2.45, 2.75) is 60.8 Å². The molecular formula is C22H38O3. The van der Waals surface area contributed by atoms with E-state index >= 15 is 0 Å². The number of benzene rings is 1. The van der Waals surface area contributed by atoms with Gasteiger partial charge in [0.2, 0.25) is 0 Å². The lowest BCUT2D eigenvalue weighted by Crippen LogP contribution is -2.14. The van der Waals surface area contributed by atoms with Crippen molar-refractivity contribution < 1.29 is 14.2 Å². The molecule has 3 heteroatoms. The van der Waals surface area contributed by atoms with Gasteiger partial charge >= 0.3 is 0 Å². The molecular weight excluding hydrogens is 312 g/mol. The number of ether oxygens (including phenoxy) is 3. The zero-order valence-electron chi connectivity index (χ0n) is 17.2. The molecule has 0 atom stereocenters. The first-order chi connectivity index (χ1) is 11.7. The van der Waals surface area contributed by atoms with E-state index in [2.05, 4.69) is 59.7 Å². The van der Waals surface area contributed by atoms with E-state index in [0.29, 0.717) is 37.3 Å². The molecule has 0 N–H and O–H groups in total. The van der Waals surface area contributed by atoms with Gasteiger partial charge in [-0.3, -0.25) is 0 Å². The fourth-order valence-corrected chi connectivity index (χ4v) is 2.23. The molecule has 0 amide bonds. The standard InChI is InChI=1S/C22H38O3/c1-21(2,3)11-10-19-8-7-9-20(18-19)25-17-16-24-15-14-23-13-12-22(4,5)6/h7-9,18H,10-17H2,1-6H3. The van der Waals surface area contributed by atoms with Gasteiger partial charge in [-0.25, -0.2) is 0 Å². The smallest absolute Gasteiger partial charge is 0.119 e. The molecule has 0 unspecified atom stereocenters. The highest BCUT2D eigenvalue weighted by Crippen LogP contribution is 2.23. The summed E-state index contributed by atoms with van der Waals surface area (Å²) in [5.74, 6) is 0.927. The highest BCUT2D eigenvalue weighted by Gasteiger charge is 2.10. The van der Waals surface area contributed by atoms with Crippen LogP contribution in [0.2, 0.25) is 0 Å². The lowest BCUT2D eigenvalue weighted by atomic mass is 9.89. The normalized spacial score (nSPS) is 12.4. The molecule has 3 nitrogen and oxygen atoms in total. The molecule has 144 valence electrons.